The highest BCUT2D eigenvalue weighted by molar-refractivity contribution is 9.10. The first kappa shape index (κ1) is 20.5. The third-order valence-electron chi connectivity index (χ3n) is 3.06. The average molecular weight is 387 g/mol. The van der Waals surface area contributed by atoms with Crippen LogP contribution in [0.2, 0.25) is 0 Å². The van der Waals surface area contributed by atoms with Crippen LogP contribution in [0.25, 0.3) is 0 Å². The summed E-state index contributed by atoms with van der Waals surface area (Å²) in [5.41, 5.74) is 0. The van der Waals surface area contributed by atoms with Gasteiger partial charge in [-0.1, -0.05) is 49.0 Å². The van der Waals surface area contributed by atoms with Crippen LogP contribution in [0.15, 0.2) is 0 Å². The van der Waals surface area contributed by atoms with Gasteiger partial charge < -0.3 is 4.74 Å². The molecular weight excluding hydrogens is 370 g/mol. The normalized spacial score (nSPS) is 14.9. The summed E-state index contributed by atoms with van der Waals surface area (Å²) in [5.74, 6) is -2.63. The van der Waals surface area contributed by atoms with Gasteiger partial charge in [0.1, 0.15) is 0 Å². The van der Waals surface area contributed by atoms with Gasteiger partial charge >= 0.3 is 22.6 Å². The Hall–Kier alpha value is -0.470. The molecule has 0 rings (SSSR count). The molecule has 0 aliphatic rings. The molecular formula is C12H17BrF6O2. The van der Waals surface area contributed by atoms with Crippen LogP contribution in [-0.2, 0) is 9.53 Å². The quantitative estimate of drug-likeness (QED) is 0.349. The van der Waals surface area contributed by atoms with Crippen molar-refractivity contribution in [1.82, 2.24) is 0 Å². The van der Waals surface area contributed by atoms with E-state index in [-0.39, 0.29) is 5.92 Å². The fourth-order valence-electron chi connectivity index (χ4n) is 1.58. The predicted molar refractivity (Wildman–Crippen MR) is 68.0 cm³/mol. The van der Waals surface area contributed by atoms with Crippen LogP contribution in [0.3, 0.4) is 0 Å². The molecule has 0 aromatic heterocycles. The van der Waals surface area contributed by atoms with Crippen molar-refractivity contribution in [2.45, 2.75) is 56.2 Å². The minimum atomic E-state index is -5.84. The summed E-state index contributed by atoms with van der Waals surface area (Å²) in [6, 6.07) is 0. The van der Waals surface area contributed by atoms with Crippen LogP contribution in [-0.4, -0.2) is 29.3 Å². The van der Waals surface area contributed by atoms with Gasteiger partial charge in [-0.2, -0.15) is 26.3 Å². The summed E-state index contributed by atoms with van der Waals surface area (Å²) in [7, 11) is 0. The number of rotatable bonds is 7. The van der Waals surface area contributed by atoms with Crippen molar-refractivity contribution < 1.29 is 35.9 Å². The van der Waals surface area contributed by atoms with Gasteiger partial charge in [-0.05, 0) is 12.3 Å². The molecule has 0 saturated heterocycles. The zero-order valence-electron chi connectivity index (χ0n) is 11.6. The lowest BCUT2D eigenvalue weighted by atomic mass is 10.0. The van der Waals surface area contributed by atoms with E-state index < -0.39 is 29.3 Å². The molecule has 0 aliphatic carbocycles. The first-order chi connectivity index (χ1) is 9.41. The van der Waals surface area contributed by atoms with E-state index in [1.807, 2.05) is 6.92 Å². The lowest BCUT2D eigenvalue weighted by Crippen LogP contribution is -2.58. The minimum Gasteiger partial charge on any atom is -0.464 e. The van der Waals surface area contributed by atoms with E-state index in [0.29, 0.717) is 12.8 Å². The maximum Gasteiger partial charge on any atom is 0.423 e. The molecule has 0 unspecified atom stereocenters. The van der Waals surface area contributed by atoms with Crippen LogP contribution < -0.4 is 0 Å². The van der Waals surface area contributed by atoms with Gasteiger partial charge in [-0.3, -0.25) is 0 Å². The summed E-state index contributed by atoms with van der Waals surface area (Å²) >= 11 is 1.49. The smallest absolute Gasteiger partial charge is 0.423 e. The molecule has 0 heterocycles. The first-order valence-corrected chi connectivity index (χ1v) is 7.20. The monoisotopic (exact) mass is 386 g/mol. The Morgan fingerprint density at radius 1 is 1.10 bits per heavy atom. The molecule has 0 aromatic rings. The molecule has 0 saturated carbocycles. The molecule has 0 aromatic carbocycles. The second kappa shape index (κ2) is 7.69. The van der Waals surface area contributed by atoms with Crippen LogP contribution in [0.1, 0.15) is 39.5 Å². The lowest BCUT2D eigenvalue weighted by molar-refractivity contribution is -0.263. The summed E-state index contributed by atoms with van der Waals surface area (Å²) in [6.07, 6.45) is -9.01. The number of ether oxygens (including phenoxy) is 1. The SMILES string of the molecule is CCCC[C@@H](CC)COC(=O)C(Br)(C(F)(F)F)C(F)(F)F. The molecule has 0 amide bonds. The van der Waals surface area contributed by atoms with Crippen LogP contribution in [0.4, 0.5) is 26.3 Å². The van der Waals surface area contributed by atoms with Gasteiger partial charge in [0.05, 0.1) is 6.61 Å². The summed E-state index contributed by atoms with van der Waals surface area (Å²) < 4.78 is 75.2. The van der Waals surface area contributed by atoms with E-state index in [2.05, 4.69) is 4.74 Å². The van der Waals surface area contributed by atoms with Crippen molar-refractivity contribution in [2.75, 3.05) is 6.61 Å². The van der Waals surface area contributed by atoms with Crippen molar-refractivity contribution in [2.24, 2.45) is 5.92 Å². The highest BCUT2D eigenvalue weighted by Crippen LogP contribution is 2.50. The topological polar surface area (TPSA) is 26.3 Å². The Morgan fingerprint density at radius 2 is 1.57 bits per heavy atom. The number of esters is 1. The van der Waals surface area contributed by atoms with Crippen molar-refractivity contribution in [1.29, 1.82) is 0 Å². The van der Waals surface area contributed by atoms with Gasteiger partial charge in [0.15, 0.2) is 0 Å². The van der Waals surface area contributed by atoms with Crippen molar-refractivity contribution in [3.63, 3.8) is 0 Å². The fraction of sp³-hybridized carbons (Fsp3) is 0.917. The number of unbranched alkanes of at least 4 members (excludes halogenated alkanes) is 1. The summed E-state index contributed by atoms with van der Waals surface area (Å²) in [4.78, 5) is 11.3. The van der Waals surface area contributed by atoms with Crippen molar-refractivity contribution in [3.05, 3.63) is 0 Å². The van der Waals surface area contributed by atoms with E-state index in [1.165, 1.54) is 15.9 Å². The number of alkyl halides is 7. The van der Waals surface area contributed by atoms with Crippen LogP contribution >= 0.6 is 15.9 Å². The largest absolute Gasteiger partial charge is 0.464 e. The molecule has 0 radical (unpaired) electrons. The predicted octanol–water partition coefficient (Wildman–Crippen LogP) is 5.00. The lowest BCUT2D eigenvalue weighted by Gasteiger charge is -2.30. The molecule has 9 heteroatoms. The van der Waals surface area contributed by atoms with Gasteiger partial charge in [0.2, 0.25) is 0 Å². The maximum atomic E-state index is 12.6. The van der Waals surface area contributed by atoms with E-state index >= 15 is 0 Å². The Kier molecular flexibility index (Phi) is 7.52. The van der Waals surface area contributed by atoms with Gasteiger partial charge in [-0.25, -0.2) is 4.79 Å². The zero-order valence-corrected chi connectivity index (χ0v) is 13.2. The van der Waals surface area contributed by atoms with Gasteiger partial charge in [0, 0.05) is 0 Å². The number of carbonyl (C=O) groups excluding carboxylic acids is 1. The summed E-state index contributed by atoms with van der Waals surface area (Å²) in [6.45, 7) is 3.16. The minimum absolute atomic E-state index is 0.257. The summed E-state index contributed by atoms with van der Waals surface area (Å²) in [5, 5.41) is 0. The van der Waals surface area contributed by atoms with Crippen molar-refractivity contribution >= 4 is 21.9 Å². The standard InChI is InChI=1S/C12H17BrF6O2/c1-3-5-6-8(4-2)7-21-9(20)10(13,11(14,15)16)12(17,18)19/h8H,3-7H2,1-2H3/t8-/m1/s1. The van der Waals surface area contributed by atoms with Crippen LogP contribution in [0.5, 0.6) is 0 Å². The van der Waals surface area contributed by atoms with E-state index in [1.54, 1.807) is 6.92 Å². The van der Waals surface area contributed by atoms with Crippen molar-refractivity contribution in [3.8, 4) is 0 Å². The molecule has 0 bridgehead atoms. The van der Waals surface area contributed by atoms with E-state index in [0.717, 1.165) is 12.8 Å². The molecule has 1 atom stereocenters. The molecule has 0 spiro atoms. The number of hydrogen-bond donors (Lipinski definition) is 0. The molecule has 0 aliphatic heterocycles. The Morgan fingerprint density at radius 3 is 1.90 bits per heavy atom. The Labute approximate surface area is 127 Å². The number of carbonyl (C=O) groups is 1. The van der Waals surface area contributed by atoms with E-state index in [4.69, 9.17) is 0 Å². The first-order valence-electron chi connectivity index (χ1n) is 6.41. The number of halogens is 7. The average Bonchev–Trinajstić information content (AvgIpc) is 2.34. The molecule has 21 heavy (non-hydrogen) atoms. The second-order valence-corrected chi connectivity index (χ2v) is 5.86. The Bertz CT molecular complexity index is 326. The zero-order chi connectivity index (χ0) is 16.9. The third kappa shape index (κ3) is 5.03. The third-order valence-corrected chi connectivity index (χ3v) is 4.28. The highest BCUT2D eigenvalue weighted by atomic mass is 79.9. The highest BCUT2D eigenvalue weighted by Gasteiger charge is 2.75. The van der Waals surface area contributed by atoms with Crippen LogP contribution in [0, 0.1) is 5.92 Å². The van der Waals surface area contributed by atoms with Gasteiger partial charge in [0.25, 0.3) is 0 Å². The molecule has 0 N–H and O–H groups in total. The fourth-order valence-corrected chi connectivity index (χ4v) is 1.70. The molecule has 0 fully saturated rings. The number of hydrogen-bond acceptors (Lipinski definition) is 2. The molecule has 126 valence electrons. The Balaban J connectivity index is 4.95. The van der Waals surface area contributed by atoms with E-state index in [9.17, 15) is 31.1 Å². The maximum absolute atomic E-state index is 12.6. The molecule has 2 nitrogen and oxygen atoms in total. The second-order valence-electron chi connectivity index (χ2n) is 4.67. The van der Waals surface area contributed by atoms with Gasteiger partial charge in [-0.15, -0.1) is 0 Å².